The number of aromatic nitrogens is 4. The first-order valence-corrected chi connectivity index (χ1v) is 15.0. The topological polar surface area (TPSA) is 43.0 Å². The molecule has 0 bridgehead atoms. The van der Waals surface area contributed by atoms with Gasteiger partial charge in [-0.2, -0.15) is 0 Å². The van der Waals surface area contributed by atoms with Crippen LogP contribution >= 0.6 is 0 Å². The molecule has 0 fully saturated rings. The average Bonchev–Trinajstić information content (AvgIpc) is 3.79. The van der Waals surface area contributed by atoms with Gasteiger partial charge in [-0.05, 0) is 54.6 Å². The maximum Gasteiger partial charge on any atom is 0.248 e. The molecule has 6 nitrogen and oxygen atoms in total. The van der Waals surface area contributed by atoms with Crippen LogP contribution in [-0.2, 0) is 7.05 Å². The number of pyridine rings is 1. The number of rotatable bonds is 5. The van der Waals surface area contributed by atoms with Crippen molar-refractivity contribution < 1.29 is 8.98 Å². The van der Waals surface area contributed by atoms with Crippen molar-refractivity contribution in [2.45, 2.75) is 0 Å². The van der Waals surface area contributed by atoms with E-state index >= 15 is 0 Å². The van der Waals surface area contributed by atoms with E-state index in [2.05, 4.69) is 130 Å². The predicted octanol–water partition coefficient (Wildman–Crippen LogP) is 9.16. The lowest BCUT2D eigenvalue weighted by atomic mass is 10.1. The van der Waals surface area contributed by atoms with Gasteiger partial charge in [-0.1, -0.05) is 66.7 Å². The number of hydrogen-bond donors (Lipinski definition) is 0. The number of anilines is 3. The molecule has 9 aromatic rings. The minimum absolute atomic E-state index is 0.849. The smallest absolute Gasteiger partial charge is 0.248 e. The SMILES string of the molecule is C[n+]1ccn(-c2cccc(N(c3ccc4c5ccccc5n(-c5ccccn5)c4c3)c3cccc4c3oc3ccccc34)c2)c1. The Hall–Kier alpha value is -6.14. The molecule has 0 radical (unpaired) electrons. The van der Waals surface area contributed by atoms with E-state index in [0.717, 1.165) is 61.5 Å². The van der Waals surface area contributed by atoms with Gasteiger partial charge in [0, 0.05) is 39.5 Å². The molecule has 214 valence electrons. The summed E-state index contributed by atoms with van der Waals surface area (Å²) < 4.78 is 13.0. The number of furan rings is 1. The first-order valence-electron chi connectivity index (χ1n) is 15.0. The van der Waals surface area contributed by atoms with Crippen LogP contribution in [0.5, 0.6) is 0 Å². The van der Waals surface area contributed by atoms with Gasteiger partial charge in [-0.25, -0.2) is 14.1 Å². The molecular formula is C39H28N5O+. The van der Waals surface area contributed by atoms with Gasteiger partial charge in [0.05, 0.1) is 29.5 Å². The number of imidazole rings is 1. The zero-order chi connectivity index (χ0) is 29.9. The second kappa shape index (κ2) is 9.96. The minimum atomic E-state index is 0.849. The van der Waals surface area contributed by atoms with E-state index in [1.165, 1.54) is 10.8 Å². The number of para-hydroxylation sites is 3. The number of benzene rings is 5. The molecule has 5 aromatic carbocycles. The molecule has 0 aliphatic rings. The van der Waals surface area contributed by atoms with Crippen molar-refractivity contribution in [1.82, 2.24) is 14.1 Å². The third-order valence-electron chi connectivity index (χ3n) is 8.57. The van der Waals surface area contributed by atoms with Crippen molar-refractivity contribution in [3.8, 4) is 11.5 Å². The summed E-state index contributed by atoms with van der Waals surface area (Å²) in [5.41, 5.74) is 8.01. The molecule has 0 N–H and O–H groups in total. The Kier molecular flexibility index (Phi) is 5.62. The maximum atomic E-state index is 6.59. The first-order chi connectivity index (χ1) is 22.2. The summed E-state index contributed by atoms with van der Waals surface area (Å²) >= 11 is 0. The van der Waals surface area contributed by atoms with Crippen molar-refractivity contribution in [3.63, 3.8) is 0 Å². The highest BCUT2D eigenvalue weighted by molar-refractivity contribution is 6.12. The summed E-state index contributed by atoms with van der Waals surface area (Å²) in [7, 11) is 2.03. The molecule has 0 aliphatic carbocycles. The Morgan fingerprint density at radius 3 is 2.31 bits per heavy atom. The van der Waals surface area contributed by atoms with Crippen molar-refractivity contribution in [1.29, 1.82) is 0 Å². The highest BCUT2D eigenvalue weighted by Gasteiger charge is 2.22. The van der Waals surface area contributed by atoms with Crippen LogP contribution < -0.4 is 9.47 Å². The molecule has 0 amide bonds. The zero-order valence-corrected chi connectivity index (χ0v) is 24.6. The molecule has 0 unspecified atom stereocenters. The standard InChI is InChI=1S/C39H28N5O/c1-41-22-23-42(26-41)27-10-8-11-28(24-27)43(35-16-9-14-33-32-13-3-5-17-37(32)45-39(33)35)29-19-20-31-30-12-2-4-15-34(30)44(36(31)25-29)38-18-6-7-21-40-38/h2-26H,1H3/q+1. The van der Waals surface area contributed by atoms with Gasteiger partial charge >= 0.3 is 0 Å². The lowest BCUT2D eigenvalue weighted by Gasteiger charge is -2.26. The van der Waals surface area contributed by atoms with Crippen molar-refractivity contribution in [3.05, 3.63) is 152 Å². The lowest BCUT2D eigenvalue weighted by molar-refractivity contribution is -0.670. The molecule has 9 rings (SSSR count). The van der Waals surface area contributed by atoms with Gasteiger partial charge in [0.25, 0.3) is 0 Å². The second-order valence-electron chi connectivity index (χ2n) is 11.3. The molecule has 4 heterocycles. The van der Waals surface area contributed by atoms with E-state index in [0.29, 0.717) is 0 Å². The van der Waals surface area contributed by atoms with Gasteiger partial charge in [0.1, 0.15) is 29.5 Å². The van der Waals surface area contributed by atoms with Crippen molar-refractivity contribution in [2.75, 3.05) is 4.90 Å². The first kappa shape index (κ1) is 25.4. The molecule has 0 saturated carbocycles. The quantitative estimate of drug-likeness (QED) is 0.190. The van der Waals surface area contributed by atoms with E-state index in [-0.39, 0.29) is 0 Å². The van der Waals surface area contributed by atoms with Crippen LogP contribution in [-0.4, -0.2) is 14.1 Å². The van der Waals surface area contributed by atoms with Gasteiger partial charge in [0.15, 0.2) is 5.58 Å². The van der Waals surface area contributed by atoms with Gasteiger partial charge in [0.2, 0.25) is 6.33 Å². The molecule has 6 heteroatoms. The third-order valence-corrected chi connectivity index (χ3v) is 8.57. The normalized spacial score (nSPS) is 11.7. The fourth-order valence-corrected chi connectivity index (χ4v) is 6.56. The third kappa shape index (κ3) is 4.03. The summed E-state index contributed by atoms with van der Waals surface area (Å²) in [5, 5.41) is 4.56. The maximum absolute atomic E-state index is 6.59. The molecule has 0 saturated heterocycles. The Morgan fingerprint density at radius 1 is 0.667 bits per heavy atom. The summed E-state index contributed by atoms with van der Waals surface area (Å²) in [6.07, 6.45) is 8.03. The van der Waals surface area contributed by atoms with E-state index in [1.54, 1.807) is 0 Å². The Labute approximate surface area is 259 Å². The van der Waals surface area contributed by atoms with Gasteiger partial charge < -0.3 is 9.32 Å². The monoisotopic (exact) mass is 582 g/mol. The van der Waals surface area contributed by atoms with E-state index in [1.807, 2.05) is 48.3 Å². The summed E-state index contributed by atoms with van der Waals surface area (Å²) in [5.74, 6) is 0.884. The minimum Gasteiger partial charge on any atom is -0.454 e. The second-order valence-corrected chi connectivity index (χ2v) is 11.3. The number of aryl methyl sites for hydroxylation is 1. The number of nitrogens with zero attached hydrogens (tertiary/aromatic N) is 5. The van der Waals surface area contributed by atoms with Crippen LogP contribution in [0.15, 0.2) is 157 Å². The highest BCUT2D eigenvalue weighted by Crippen LogP contribution is 2.44. The zero-order valence-electron chi connectivity index (χ0n) is 24.6. The fraction of sp³-hybridized carbons (Fsp3) is 0.0256. The van der Waals surface area contributed by atoms with Crippen molar-refractivity contribution in [2.24, 2.45) is 7.05 Å². The summed E-state index contributed by atoms with van der Waals surface area (Å²) in [6, 6.07) is 44.6. The van der Waals surface area contributed by atoms with Gasteiger partial charge in [-0.15, -0.1) is 0 Å². The highest BCUT2D eigenvalue weighted by atomic mass is 16.3. The van der Waals surface area contributed by atoms with E-state index in [9.17, 15) is 0 Å². The summed E-state index contributed by atoms with van der Waals surface area (Å²) in [4.78, 5) is 7.06. The summed E-state index contributed by atoms with van der Waals surface area (Å²) in [6.45, 7) is 0. The average molecular weight is 583 g/mol. The largest absolute Gasteiger partial charge is 0.454 e. The molecule has 45 heavy (non-hydrogen) atoms. The van der Waals surface area contributed by atoms with Crippen LogP contribution in [0.3, 0.4) is 0 Å². The molecule has 0 atom stereocenters. The van der Waals surface area contributed by atoms with Crippen LogP contribution in [0.25, 0.3) is 55.2 Å². The number of fused-ring (bicyclic) bond motifs is 6. The van der Waals surface area contributed by atoms with E-state index < -0.39 is 0 Å². The molecule has 0 spiro atoms. The van der Waals surface area contributed by atoms with Crippen LogP contribution in [0, 0.1) is 0 Å². The predicted molar refractivity (Wildman–Crippen MR) is 181 cm³/mol. The van der Waals surface area contributed by atoms with Crippen LogP contribution in [0.2, 0.25) is 0 Å². The fourth-order valence-electron chi connectivity index (χ4n) is 6.56. The lowest BCUT2D eigenvalue weighted by Crippen LogP contribution is -2.23. The van der Waals surface area contributed by atoms with Crippen molar-refractivity contribution >= 4 is 60.8 Å². The van der Waals surface area contributed by atoms with Gasteiger partial charge in [-0.3, -0.25) is 4.57 Å². The number of hydrogen-bond acceptors (Lipinski definition) is 3. The molecule has 0 aliphatic heterocycles. The Bertz CT molecular complexity index is 2520. The van der Waals surface area contributed by atoms with Crippen LogP contribution in [0.4, 0.5) is 17.1 Å². The van der Waals surface area contributed by atoms with Crippen LogP contribution in [0.1, 0.15) is 0 Å². The Morgan fingerprint density at radius 2 is 1.44 bits per heavy atom. The molecular weight excluding hydrogens is 554 g/mol. The Balaban J connectivity index is 1.34. The molecule has 4 aromatic heterocycles. The van der Waals surface area contributed by atoms with E-state index in [4.69, 9.17) is 9.40 Å².